The van der Waals surface area contributed by atoms with Crippen molar-refractivity contribution < 1.29 is 9.90 Å². The van der Waals surface area contributed by atoms with E-state index in [1.807, 2.05) is 19.9 Å². The third kappa shape index (κ3) is 3.67. The summed E-state index contributed by atoms with van der Waals surface area (Å²) in [6.45, 7) is 4.79. The van der Waals surface area contributed by atoms with Crippen LogP contribution < -0.4 is 5.32 Å². The molecular formula is C12H21NO2. The standard InChI is InChI=1S/C12H21NO2/c1-3-4-10(2)11(15)13-9-12(5-6-12)7-8-14/h4,14H,3,5-9H2,1-2H3,(H,13,15)/b10-4-. The molecule has 3 heteroatoms. The molecule has 0 spiro atoms. The van der Waals surface area contributed by atoms with Crippen molar-refractivity contribution in [1.29, 1.82) is 0 Å². The van der Waals surface area contributed by atoms with Gasteiger partial charge in [0.05, 0.1) is 0 Å². The number of hydrogen-bond donors (Lipinski definition) is 2. The Hall–Kier alpha value is -0.830. The minimum absolute atomic E-state index is 0.0288. The first-order chi connectivity index (χ1) is 7.13. The first kappa shape index (κ1) is 12.2. The lowest BCUT2D eigenvalue weighted by Crippen LogP contribution is -2.31. The van der Waals surface area contributed by atoms with E-state index in [1.54, 1.807) is 0 Å². The number of carbonyl (C=O) groups is 1. The first-order valence-corrected chi connectivity index (χ1v) is 5.69. The van der Waals surface area contributed by atoms with Gasteiger partial charge in [0, 0.05) is 18.7 Å². The average Bonchev–Trinajstić information content (AvgIpc) is 2.96. The van der Waals surface area contributed by atoms with Crippen molar-refractivity contribution in [2.75, 3.05) is 13.2 Å². The summed E-state index contributed by atoms with van der Waals surface area (Å²) in [5.74, 6) is 0.0288. The second kappa shape index (κ2) is 5.31. The van der Waals surface area contributed by atoms with E-state index in [-0.39, 0.29) is 17.9 Å². The van der Waals surface area contributed by atoms with E-state index in [2.05, 4.69) is 5.32 Å². The van der Waals surface area contributed by atoms with Crippen LogP contribution in [0.5, 0.6) is 0 Å². The number of carbonyl (C=O) groups excluding carboxylic acids is 1. The fraction of sp³-hybridized carbons (Fsp3) is 0.750. The van der Waals surface area contributed by atoms with Gasteiger partial charge in [-0.3, -0.25) is 4.79 Å². The molecule has 0 aliphatic heterocycles. The molecule has 3 nitrogen and oxygen atoms in total. The van der Waals surface area contributed by atoms with E-state index in [1.165, 1.54) is 0 Å². The van der Waals surface area contributed by atoms with Crippen molar-refractivity contribution in [2.24, 2.45) is 5.41 Å². The third-order valence-corrected chi connectivity index (χ3v) is 3.09. The molecule has 1 rings (SSSR count). The Labute approximate surface area is 91.6 Å². The summed E-state index contributed by atoms with van der Waals surface area (Å²) >= 11 is 0. The van der Waals surface area contributed by atoms with Gasteiger partial charge in [-0.05, 0) is 38.0 Å². The molecule has 0 aromatic carbocycles. The van der Waals surface area contributed by atoms with Gasteiger partial charge in [-0.2, -0.15) is 0 Å². The van der Waals surface area contributed by atoms with E-state index in [0.717, 1.165) is 31.3 Å². The lowest BCUT2D eigenvalue weighted by molar-refractivity contribution is -0.117. The highest BCUT2D eigenvalue weighted by atomic mass is 16.3. The fourth-order valence-corrected chi connectivity index (χ4v) is 1.74. The molecule has 1 fully saturated rings. The zero-order valence-electron chi connectivity index (χ0n) is 9.68. The third-order valence-electron chi connectivity index (χ3n) is 3.09. The Bertz CT molecular complexity index is 254. The minimum Gasteiger partial charge on any atom is -0.396 e. The highest BCUT2D eigenvalue weighted by molar-refractivity contribution is 5.92. The molecule has 1 saturated carbocycles. The number of allylic oxidation sites excluding steroid dienone is 1. The van der Waals surface area contributed by atoms with Gasteiger partial charge < -0.3 is 10.4 Å². The maximum atomic E-state index is 11.6. The number of hydrogen-bond acceptors (Lipinski definition) is 2. The highest BCUT2D eigenvalue weighted by Crippen LogP contribution is 2.47. The molecule has 0 aromatic rings. The van der Waals surface area contributed by atoms with E-state index in [9.17, 15) is 4.79 Å². The van der Waals surface area contributed by atoms with Crippen LogP contribution in [0.3, 0.4) is 0 Å². The van der Waals surface area contributed by atoms with Crippen LogP contribution in [0.1, 0.15) is 39.5 Å². The summed E-state index contributed by atoms with van der Waals surface area (Å²) in [5.41, 5.74) is 0.994. The molecule has 0 bridgehead atoms. The molecule has 0 saturated heterocycles. The number of rotatable bonds is 6. The molecular weight excluding hydrogens is 190 g/mol. The maximum Gasteiger partial charge on any atom is 0.246 e. The van der Waals surface area contributed by atoms with Gasteiger partial charge in [-0.15, -0.1) is 0 Å². The van der Waals surface area contributed by atoms with Gasteiger partial charge in [0.2, 0.25) is 5.91 Å². The Kier molecular flexibility index (Phi) is 4.33. The normalized spacial score (nSPS) is 18.7. The monoisotopic (exact) mass is 211 g/mol. The van der Waals surface area contributed by atoms with Gasteiger partial charge >= 0.3 is 0 Å². The molecule has 15 heavy (non-hydrogen) atoms. The van der Waals surface area contributed by atoms with Crippen LogP contribution in [0.4, 0.5) is 0 Å². The van der Waals surface area contributed by atoms with Crippen LogP contribution >= 0.6 is 0 Å². The van der Waals surface area contributed by atoms with Gasteiger partial charge in [0.1, 0.15) is 0 Å². The zero-order chi connectivity index (χ0) is 11.3. The van der Waals surface area contributed by atoms with Crippen LogP contribution in [-0.2, 0) is 4.79 Å². The van der Waals surface area contributed by atoms with E-state index >= 15 is 0 Å². The quantitative estimate of drug-likeness (QED) is 0.656. The zero-order valence-corrected chi connectivity index (χ0v) is 9.68. The largest absolute Gasteiger partial charge is 0.396 e. The second-order valence-corrected chi connectivity index (χ2v) is 4.45. The smallest absolute Gasteiger partial charge is 0.246 e. The Morgan fingerprint density at radius 2 is 2.20 bits per heavy atom. The predicted octanol–water partition coefficient (Wildman–Crippen LogP) is 1.62. The van der Waals surface area contributed by atoms with Crippen molar-refractivity contribution in [1.82, 2.24) is 5.32 Å². The molecule has 0 radical (unpaired) electrons. The van der Waals surface area contributed by atoms with Crippen molar-refractivity contribution in [3.8, 4) is 0 Å². The summed E-state index contributed by atoms with van der Waals surface area (Å²) in [5, 5.41) is 11.8. The number of aliphatic hydroxyl groups is 1. The molecule has 2 N–H and O–H groups in total. The maximum absolute atomic E-state index is 11.6. The van der Waals surface area contributed by atoms with Crippen LogP contribution in [0, 0.1) is 5.41 Å². The Morgan fingerprint density at radius 1 is 1.53 bits per heavy atom. The molecule has 86 valence electrons. The fourth-order valence-electron chi connectivity index (χ4n) is 1.74. The van der Waals surface area contributed by atoms with E-state index in [4.69, 9.17) is 5.11 Å². The lowest BCUT2D eigenvalue weighted by atomic mass is 10.0. The summed E-state index contributed by atoms with van der Waals surface area (Å²) in [6, 6.07) is 0. The van der Waals surface area contributed by atoms with E-state index < -0.39 is 0 Å². The highest BCUT2D eigenvalue weighted by Gasteiger charge is 2.41. The van der Waals surface area contributed by atoms with Crippen molar-refractivity contribution in [3.63, 3.8) is 0 Å². The SMILES string of the molecule is CC/C=C(/C)C(=O)NCC1(CCO)CC1. The molecule has 0 heterocycles. The molecule has 0 aromatic heterocycles. The summed E-state index contributed by atoms with van der Waals surface area (Å²) in [6.07, 6.45) is 5.89. The van der Waals surface area contributed by atoms with Crippen LogP contribution in [0.15, 0.2) is 11.6 Å². The first-order valence-electron chi connectivity index (χ1n) is 5.69. The van der Waals surface area contributed by atoms with Crippen LogP contribution in [0.25, 0.3) is 0 Å². The summed E-state index contributed by atoms with van der Waals surface area (Å²) in [4.78, 5) is 11.6. The molecule has 1 aliphatic carbocycles. The number of amides is 1. The van der Waals surface area contributed by atoms with Crippen LogP contribution in [0.2, 0.25) is 0 Å². The van der Waals surface area contributed by atoms with Gasteiger partial charge in [-0.25, -0.2) is 0 Å². The molecule has 0 atom stereocenters. The number of nitrogens with one attached hydrogen (secondary N) is 1. The Morgan fingerprint density at radius 3 is 2.67 bits per heavy atom. The minimum atomic E-state index is 0.0288. The van der Waals surface area contributed by atoms with Gasteiger partial charge in [-0.1, -0.05) is 13.0 Å². The second-order valence-electron chi connectivity index (χ2n) is 4.45. The van der Waals surface area contributed by atoms with Crippen LogP contribution in [-0.4, -0.2) is 24.2 Å². The predicted molar refractivity (Wildman–Crippen MR) is 60.4 cm³/mol. The molecule has 1 amide bonds. The number of aliphatic hydroxyl groups excluding tert-OH is 1. The Balaban J connectivity index is 2.31. The van der Waals surface area contributed by atoms with E-state index in [0.29, 0.717) is 6.54 Å². The summed E-state index contributed by atoms with van der Waals surface area (Å²) in [7, 11) is 0. The van der Waals surface area contributed by atoms with Crippen molar-refractivity contribution >= 4 is 5.91 Å². The molecule has 1 aliphatic rings. The van der Waals surface area contributed by atoms with Gasteiger partial charge in [0.15, 0.2) is 0 Å². The van der Waals surface area contributed by atoms with Crippen molar-refractivity contribution in [3.05, 3.63) is 11.6 Å². The molecule has 0 unspecified atom stereocenters. The summed E-state index contributed by atoms with van der Waals surface area (Å²) < 4.78 is 0. The van der Waals surface area contributed by atoms with Gasteiger partial charge in [0.25, 0.3) is 0 Å². The topological polar surface area (TPSA) is 49.3 Å². The average molecular weight is 211 g/mol. The lowest BCUT2D eigenvalue weighted by Gasteiger charge is -2.14. The van der Waals surface area contributed by atoms with Crippen molar-refractivity contribution in [2.45, 2.75) is 39.5 Å².